The Morgan fingerprint density at radius 2 is 2.00 bits per heavy atom. The monoisotopic (exact) mass is 310 g/mol. The van der Waals surface area contributed by atoms with Crippen LogP contribution in [0.1, 0.15) is 39.2 Å². The first-order valence-electron chi connectivity index (χ1n) is 8.77. The van der Waals surface area contributed by atoms with Crippen molar-refractivity contribution in [3.05, 3.63) is 36.1 Å². The first kappa shape index (κ1) is 14.1. The van der Waals surface area contributed by atoms with Crippen molar-refractivity contribution in [3.8, 4) is 0 Å². The Hall–Kier alpha value is -1.26. The predicted octanol–water partition coefficient (Wildman–Crippen LogP) is 4.24. The van der Waals surface area contributed by atoms with E-state index in [9.17, 15) is 0 Å². The predicted molar refractivity (Wildman–Crippen MR) is 90.0 cm³/mol. The fraction of sp³-hybridized carbons (Fsp3) is 0.579. The summed E-state index contributed by atoms with van der Waals surface area (Å²) in [6, 6.07) is 8.17. The molecule has 1 aromatic heterocycles. The quantitative estimate of drug-likeness (QED) is 0.777. The van der Waals surface area contributed by atoms with Crippen LogP contribution in [0.5, 0.6) is 0 Å². The van der Waals surface area contributed by atoms with E-state index in [-0.39, 0.29) is 18.8 Å². The summed E-state index contributed by atoms with van der Waals surface area (Å²) >= 11 is 0. The molecule has 2 bridgehead atoms. The Morgan fingerprint density at radius 1 is 1.17 bits per heavy atom. The Kier molecular flexibility index (Phi) is 2.72. The minimum Gasteiger partial charge on any atom is -0.464 e. The van der Waals surface area contributed by atoms with Gasteiger partial charge in [-0.05, 0) is 48.6 Å². The van der Waals surface area contributed by atoms with Gasteiger partial charge < -0.3 is 13.7 Å². The van der Waals surface area contributed by atoms with Crippen molar-refractivity contribution < 1.29 is 13.7 Å². The molecular formula is C19H23BO3. The van der Waals surface area contributed by atoms with E-state index in [4.69, 9.17) is 13.7 Å². The molecule has 3 unspecified atom stereocenters. The number of furan rings is 1. The molecule has 0 spiro atoms. The number of para-hydroxylation sites is 1. The van der Waals surface area contributed by atoms with Gasteiger partial charge in [0.25, 0.3) is 0 Å². The van der Waals surface area contributed by atoms with Gasteiger partial charge in [-0.25, -0.2) is 0 Å². The maximum absolute atomic E-state index is 6.50. The van der Waals surface area contributed by atoms with E-state index in [0.717, 1.165) is 24.2 Å². The van der Waals surface area contributed by atoms with E-state index in [0.29, 0.717) is 11.3 Å². The van der Waals surface area contributed by atoms with Crippen LogP contribution in [-0.2, 0) is 15.6 Å². The summed E-state index contributed by atoms with van der Waals surface area (Å²) in [7, 11) is -0.152. The average molecular weight is 310 g/mol. The summed E-state index contributed by atoms with van der Waals surface area (Å²) in [6.07, 6.45) is 5.31. The molecule has 120 valence electrons. The minimum atomic E-state index is -0.152. The average Bonchev–Trinajstić information content (AvgIpc) is 3.07. The van der Waals surface area contributed by atoms with E-state index >= 15 is 0 Å². The smallest absolute Gasteiger partial charge is 0.462 e. The van der Waals surface area contributed by atoms with Crippen molar-refractivity contribution >= 4 is 18.1 Å². The first-order valence-corrected chi connectivity index (χ1v) is 8.77. The highest BCUT2D eigenvalue weighted by atomic mass is 16.7. The Balaban J connectivity index is 1.40. The van der Waals surface area contributed by atoms with Crippen LogP contribution in [0.4, 0.5) is 0 Å². The third-order valence-electron chi connectivity index (χ3n) is 6.95. The van der Waals surface area contributed by atoms with Gasteiger partial charge in [0.1, 0.15) is 5.58 Å². The van der Waals surface area contributed by atoms with Gasteiger partial charge in [-0.1, -0.05) is 32.0 Å². The first-order chi connectivity index (χ1) is 11.0. The van der Waals surface area contributed by atoms with Crippen LogP contribution in [-0.4, -0.2) is 18.8 Å². The zero-order valence-corrected chi connectivity index (χ0v) is 14.0. The standard InChI is InChI=1S/C19H23BO3/c1-18(2)13-8-16(18)19(3)17(9-13)22-20(23-19)10-12-11-21-15-7-5-4-6-14(12)15/h4-7,11,13,16-17H,8-10H2,1-3H3/t13?,16?,17?,19-/m0/s1. The fourth-order valence-corrected chi connectivity index (χ4v) is 5.41. The molecule has 4 heteroatoms. The highest BCUT2D eigenvalue weighted by Crippen LogP contribution is 2.65. The maximum Gasteiger partial charge on any atom is 0.462 e. The Morgan fingerprint density at radius 3 is 2.83 bits per heavy atom. The Bertz CT molecular complexity index is 767. The number of hydrogen-bond acceptors (Lipinski definition) is 3. The van der Waals surface area contributed by atoms with Crippen LogP contribution in [0.15, 0.2) is 34.9 Å². The van der Waals surface area contributed by atoms with Gasteiger partial charge in [-0.2, -0.15) is 0 Å². The number of fused-ring (bicyclic) bond motifs is 1. The summed E-state index contributed by atoms with van der Waals surface area (Å²) < 4.78 is 18.5. The molecule has 1 aliphatic heterocycles. The van der Waals surface area contributed by atoms with Crippen LogP contribution >= 0.6 is 0 Å². The van der Waals surface area contributed by atoms with Crippen LogP contribution < -0.4 is 0 Å². The normalized spacial score (nSPS) is 37.7. The second-order valence-corrected chi connectivity index (χ2v) is 8.36. The van der Waals surface area contributed by atoms with E-state index in [1.54, 1.807) is 0 Å². The molecule has 1 saturated heterocycles. The molecule has 4 atom stereocenters. The lowest BCUT2D eigenvalue weighted by atomic mass is 9.43. The summed E-state index contributed by atoms with van der Waals surface area (Å²) in [6.45, 7) is 7.06. The highest BCUT2D eigenvalue weighted by molar-refractivity contribution is 6.45. The molecule has 0 radical (unpaired) electrons. The molecule has 1 aromatic carbocycles. The van der Waals surface area contributed by atoms with Gasteiger partial charge in [0.05, 0.1) is 18.0 Å². The SMILES string of the molecule is CC1(C)C2CC3OB(Cc4coc5ccccc45)O[C@@]3(C)C1C2. The molecule has 2 aromatic rings. The van der Waals surface area contributed by atoms with Crippen molar-refractivity contribution in [1.29, 1.82) is 0 Å². The van der Waals surface area contributed by atoms with Gasteiger partial charge in [-0.3, -0.25) is 0 Å². The number of hydrogen-bond donors (Lipinski definition) is 0. The van der Waals surface area contributed by atoms with Crippen molar-refractivity contribution in [1.82, 2.24) is 0 Å². The zero-order valence-electron chi connectivity index (χ0n) is 14.0. The topological polar surface area (TPSA) is 31.6 Å². The molecule has 23 heavy (non-hydrogen) atoms. The highest BCUT2D eigenvalue weighted by Gasteiger charge is 2.67. The zero-order chi connectivity index (χ0) is 15.8. The summed E-state index contributed by atoms with van der Waals surface area (Å²) in [5.41, 5.74) is 2.39. The van der Waals surface area contributed by atoms with E-state index in [2.05, 4.69) is 32.9 Å². The maximum atomic E-state index is 6.50. The molecule has 6 rings (SSSR count). The van der Waals surface area contributed by atoms with Gasteiger partial charge in [0.2, 0.25) is 0 Å². The lowest BCUT2D eigenvalue weighted by molar-refractivity contribution is -0.199. The lowest BCUT2D eigenvalue weighted by Crippen LogP contribution is -2.65. The van der Waals surface area contributed by atoms with Gasteiger partial charge in [-0.15, -0.1) is 0 Å². The molecular weight excluding hydrogens is 287 g/mol. The third kappa shape index (κ3) is 1.79. The number of rotatable bonds is 2. The second-order valence-electron chi connectivity index (χ2n) is 8.36. The summed E-state index contributed by atoms with van der Waals surface area (Å²) in [4.78, 5) is 0. The van der Waals surface area contributed by atoms with Crippen molar-refractivity contribution in [2.45, 2.75) is 51.6 Å². The summed E-state index contributed by atoms with van der Waals surface area (Å²) in [5.74, 6) is 1.41. The summed E-state index contributed by atoms with van der Waals surface area (Å²) in [5, 5.41) is 1.17. The largest absolute Gasteiger partial charge is 0.464 e. The Labute approximate surface area is 137 Å². The minimum absolute atomic E-state index is 0.123. The molecule has 3 saturated carbocycles. The van der Waals surface area contributed by atoms with Crippen molar-refractivity contribution in [2.24, 2.45) is 17.3 Å². The molecule has 2 heterocycles. The van der Waals surface area contributed by atoms with Gasteiger partial charge in [0, 0.05) is 11.7 Å². The van der Waals surface area contributed by atoms with Crippen LogP contribution in [0.3, 0.4) is 0 Å². The van der Waals surface area contributed by atoms with Crippen molar-refractivity contribution in [3.63, 3.8) is 0 Å². The third-order valence-corrected chi connectivity index (χ3v) is 6.95. The lowest BCUT2D eigenvalue weighted by Gasteiger charge is -2.64. The van der Waals surface area contributed by atoms with Gasteiger partial charge >= 0.3 is 7.12 Å². The fourth-order valence-electron chi connectivity index (χ4n) is 5.41. The van der Waals surface area contributed by atoms with Crippen LogP contribution in [0.25, 0.3) is 11.0 Å². The van der Waals surface area contributed by atoms with E-state index < -0.39 is 0 Å². The molecule has 0 N–H and O–H groups in total. The van der Waals surface area contributed by atoms with Crippen LogP contribution in [0, 0.1) is 17.3 Å². The van der Waals surface area contributed by atoms with E-state index in [1.165, 1.54) is 17.4 Å². The molecule has 3 nitrogen and oxygen atoms in total. The van der Waals surface area contributed by atoms with Gasteiger partial charge in [0.15, 0.2) is 0 Å². The van der Waals surface area contributed by atoms with Crippen LogP contribution in [0.2, 0.25) is 0 Å². The molecule has 4 fully saturated rings. The molecule has 0 amide bonds. The van der Waals surface area contributed by atoms with E-state index in [1.807, 2.05) is 18.4 Å². The number of benzene rings is 1. The molecule has 3 aliphatic carbocycles. The molecule has 4 aliphatic rings. The van der Waals surface area contributed by atoms with Crippen molar-refractivity contribution in [2.75, 3.05) is 0 Å². The second kappa shape index (κ2) is 4.43.